The Bertz CT molecular complexity index is 507. The Morgan fingerprint density at radius 1 is 1.24 bits per heavy atom. The molecule has 2 N–H and O–H groups in total. The molecule has 0 atom stereocenters. The molecule has 2 aromatic rings. The first kappa shape index (κ1) is 11.9. The summed E-state index contributed by atoms with van der Waals surface area (Å²) in [6.45, 7) is 4.88. The van der Waals surface area contributed by atoms with Crippen molar-refractivity contribution in [2.45, 2.75) is 20.4 Å². The van der Waals surface area contributed by atoms with Gasteiger partial charge in [0.15, 0.2) is 0 Å². The third-order valence-electron chi connectivity index (χ3n) is 2.32. The molecule has 2 heterocycles. The largest absolute Gasteiger partial charge is 0.365 e. The highest BCUT2D eigenvalue weighted by Gasteiger charge is 2.01. The van der Waals surface area contributed by atoms with Crippen LogP contribution in [0.5, 0.6) is 0 Å². The number of rotatable bonds is 4. The maximum atomic E-state index is 4.35. The highest BCUT2D eigenvalue weighted by molar-refractivity contribution is 7.11. The van der Waals surface area contributed by atoms with Crippen LogP contribution >= 0.6 is 11.3 Å². The molecular weight excluding hydrogens is 232 g/mol. The second kappa shape index (κ2) is 5.14. The van der Waals surface area contributed by atoms with Gasteiger partial charge in [0.25, 0.3) is 0 Å². The number of nitrogens with zero attached hydrogens (tertiary/aromatic N) is 2. The molecule has 0 aliphatic rings. The van der Waals surface area contributed by atoms with Gasteiger partial charge in [-0.1, -0.05) is 0 Å². The van der Waals surface area contributed by atoms with Gasteiger partial charge < -0.3 is 10.6 Å². The summed E-state index contributed by atoms with van der Waals surface area (Å²) in [5, 5.41) is 6.26. The van der Waals surface area contributed by atoms with Gasteiger partial charge in [0, 0.05) is 28.6 Å². The summed E-state index contributed by atoms with van der Waals surface area (Å²) in [6.07, 6.45) is 0. The number of hydrogen-bond donors (Lipinski definition) is 2. The zero-order valence-electron chi connectivity index (χ0n) is 10.2. The Labute approximate surface area is 105 Å². The summed E-state index contributed by atoms with van der Waals surface area (Å²) in [4.78, 5) is 11.2. The van der Waals surface area contributed by atoms with Crippen molar-refractivity contribution in [3.05, 3.63) is 33.6 Å². The summed E-state index contributed by atoms with van der Waals surface area (Å²) >= 11 is 1.80. The zero-order valence-corrected chi connectivity index (χ0v) is 11.1. The van der Waals surface area contributed by atoms with Gasteiger partial charge in [-0.2, -0.15) is 4.98 Å². The molecule has 90 valence electrons. The third-order valence-corrected chi connectivity index (χ3v) is 3.32. The van der Waals surface area contributed by atoms with Crippen LogP contribution in [0.4, 0.5) is 11.8 Å². The van der Waals surface area contributed by atoms with Crippen LogP contribution in [0, 0.1) is 13.8 Å². The number of anilines is 2. The molecule has 0 saturated heterocycles. The smallest absolute Gasteiger partial charge is 0.224 e. The Hall–Kier alpha value is -1.62. The van der Waals surface area contributed by atoms with Gasteiger partial charge in [0.2, 0.25) is 5.95 Å². The number of aryl methyl sites for hydroxylation is 2. The highest BCUT2D eigenvalue weighted by atomic mass is 32.1. The lowest BCUT2D eigenvalue weighted by molar-refractivity contribution is 1.06. The highest BCUT2D eigenvalue weighted by Crippen LogP contribution is 2.17. The van der Waals surface area contributed by atoms with Crippen LogP contribution in [0.25, 0.3) is 0 Å². The molecule has 0 unspecified atom stereocenters. The van der Waals surface area contributed by atoms with Crippen molar-refractivity contribution < 1.29 is 0 Å². The molecule has 2 rings (SSSR count). The molecule has 0 radical (unpaired) electrons. The predicted molar refractivity (Wildman–Crippen MR) is 72.7 cm³/mol. The first-order valence-electron chi connectivity index (χ1n) is 5.50. The van der Waals surface area contributed by atoms with Crippen LogP contribution in [0.2, 0.25) is 0 Å². The van der Waals surface area contributed by atoms with E-state index < -0.39 is 0 Å². The summed E-state index contributed by atoms with van der Waals surface area (Å²) in [5.74, 6) is 1.50. The SMILES string of the molecule is CNc1nc(C)cc(NCc2ccc(C)s2)n1. The number of nitrogens with one attached hydrogen (secondary N) is 2. The Balaban J connectivity index is 2.05. The summed E-state index contributed by atoms with van der Waals surface area (Å²) in [5.41, 5.74) is 0.953. The van der Waals surface area contributed by atoms with E-state index in [4.69, 9.17) is 0 Å². The fraction of sp³-hybridized carbons (Fsp3) is 0.333. The van der Waals surface area contributed by atoms with E-state index in [1.807, 2.05) is 20.0 Å². The molecule has 5 heteroatoms. The minimum Gasteiger partial charge on any atom is -0.365 e. The Morgan fingerprint density at radius 2 is 2.06 bits per heavy atom. The lowest BCUT2D eigenvalue weighted by Gasteiger charge is -2.07. The first-order chi connectivity index (χ1) is 8.17. The molecule has 0 aliphatic heterocycles. The number of hydrogen-bond acceptors (Lipinski definition) is 5. The monoisotopic (exact) mass is 248 g/mol. The molecule has 0 fully saturated rings. The molecule has 0 saturated carbocycles. The van der Waals surface area contributed by atoms with Crippen LogP contribution < -0.4 is 10.6 Å². The van der Waals surface area contributed by atoms with Gasteiger partial charge >= 0.3 is 0 Å². The number of thiophene rings is 1. The van der Waals surface area contributed by atoms with Crippen molar-refractivity contribution in [2.24, 2.45) is 0 Å². The quantitative estimate of drug-likeness (QED) is 0.873. The van der Waals surface area contributed by atoms with E-state index in [1.54, 1.807) is 11.3 Å². The molecule has 0 amide bonds. The van der Waals surface area contributed by atoms with Gasteiger partial charge in [-0.25, -0.2) is 4.98 Å². The average molecular weight is 248 g/mol. The van der Waals surface area contributed by atoms with Crippen LogP contribution in [-0.2, 0) is 6.54 Å². The second-order valence-electron chi connectivity index (χ2n) is 3.83. The van der Waals surface area contributed by atoms with E-state index in [0.29, 0.717) is 5.95 Å². The van der Waals surface area contributed by atoms with E-state index >= 15 is 0 Å². The van der Waals surface area contributed by atoms with Gasteiger partial charge in [0.05, 0.1) is 6.54 Å². The van der Waals surface area contributed by atoms with Crippen molar-refractivity contribution in [3.8, 4) is 0 Å². The average Bonchev–Trinajstić information content (AvgIpc) is 2.72. The number of aromatic nitrogens is 2. The standard InChI is InChI=1S/C12H16N4S/c1-8-6-11(16-12(13-3)15-8)14-7-10-5-4-9(2)17-10/h4-6H,7H2,1-3H3,(H2,13,14,15,16). The van der Waals surface area contributed by atoms with E-state index in [9.17, 15) is 0 Å². The fourth-order valence-electron chi connectivity index (χ4n) is 1.53. The van der Waals surface area contributed by atoms with Crippen molar-refractivity contribution in [1.29, 1.82) is 0 Å². The van der Waals surface area contributed by atoms with Crippen molar-refractivity contribution in [1.82, 2.24) is 9.97 Å². The summed E-state index contributed by atoms with van der Waals surface area (Å²) in [7, 11) is 1.82. The van der Waals surface area contributed by atoms with E-state index in [-0.39, 0.29) is 0 Å². The minimum atomic E-state index is 0.648. The molecule has 17 heavy (non-hydrogen) atoms. The van der Waals surface area contributed by atoms with Gasteiger partial charge in [-0.3, -0.25) is 0 Å². The lowest BCUT2D eigenvalue weighted by Crippen LogP contribution is -2.04. The van der Waals surface area contributed by atoms with Crippen molar-refractivity contribution in [2.75, 3.05) is 17.7 Å². The third kappa shape index (κ3) is 3.17. The lowest BCUT2D eigenvalue weighted by atomic mass is 10.4. The maximum Gasteiger partial charge on any atom is 0.224 e. The minimum absolute atomic E-state index is 0.648. The van der Waals surface area contributed by atoms with E-state index in [1.165, 1.54) is 9.75 Å². The van der Waals surface area contributed by atoms with Crippen molar-refractivity contribution >= 4 is 23.1 Å². The van der Waals surface area contributed by atoms with E-state index in [2.05, 4.69) is 39.7 Å². The fourth-order valence-corrected chi connectivity index (χ4v) is 2.36. The molecular formula is C12H16N4S. The summed E-state index contributed by atoms with van der Waals surface area (Å²) < 4.78 is 0. The van der Waals surface area contributed by atoms with Crippen LogP contribution in [0.15, 0.2) is 18.2 Å². The Morgan fingerprint density at radius 3 is 2.71 bits per heavy atom. The van der Waals surface area contributed by atoms with Crippen LogP contribution in [-0.4, -0.2) is 17.0 Å². The normalized spacial score (nSPS) is 10.3. The molecule has 2 aromatic heterocycles. The molecule has 0 aliphatic carbocycles. The zero-order chi connectivity index (χ0) is 12.3. The maximum absolute atomic E-state index is 4.35. The second-order valence-corrected chi connectivity index (χ2v) is 5.21. The van der Waals surface area contributed by atoms with Gasteiger partial charge in [0.1, 0.15) is 5.82 Å². The molecule has 0 bridgehead atoms. The molecule has 0 aromatic carbocycles. The Kier molecular flexibility index (Phi) is 3.58. The van der Waals surface area contributed by atoms with E-state index in [0.717, 1.165) is 18.1 Å². The van der Waals surface area contributed by atoms with Crippen LogP contribution in [0.3, 0.4) is 0 Å². The molecule has 4 nitrogen and oxygen atoms in total. The van der Waals surface area contributed by atoms with Crippen molar-refractivity contribution in [3.63, 3.8) is 0 Å². The summed E-state index contributed by atoms with van der Waals surface area (Å²) in [6, 6.07) is 6.22. The van der Waals surface area contributed by atoms with Gasteiger partial charge in [-0.15, -0.1) is 11.3 Å². The molecule has 0 spiro atoms. The predicted octanol–water partition coefficient (Wildman–Crippen LogP) is 2.81. The van der Waals surface area contributed by atoms with Crippen LogP contribution in [0.1, 0.15) is 15.4 Å². The first-order valence-corrected chi connectivity index (χ1v) is 6.31. The topological polar surface area (TPSA) is 49.8 Å². The van der Waals surface area contributed by atoms with Gasteiger partial charge in [-0.05, 0) is 26.0 Å².